The molecule has 0 fully saturated rings. The first-order valence-electron chi connectivity index (χ1n) is 5.21. The van der Waals surface area contributed by atoms with Gasteiger partial charge in [0.05, 0.1) is 11.7 Å². The van der Waals surface area contributed by atoms with Gasteiger partial charge in [-0.25, -0.2) is 8.78 Å². The summed E-state index contributed by atoms with van der Waals surface area (Å²) in [6.45, 7) is 1.64. The number of aromatic nitrogens is 1. The molecule has 2 aromatic rings. The summed E-state index contributed by atoms with van der Waals surface area (Å²) in [6.07, 6.45) is 1.48. The first-order valence-corrected chi connectivity index (χ1v) is 5.21. The highest BCUT2D eigenvalue weighted by Gasteiger charge is 2.15. The van der Waals surface area contributed by atoms with Crippen LogP contribution in [0.5, 0.6) is 0 Å². The van der Waals surface area contributed by atoms with E-state index in [1.54, 1.807) is 19.1 Å². The van der Waals surface area contributed by atoms with E-state index < -0.39 is 11.9 Å². The van der Waals surface area contributed by atoms with Gasteiger partial charge in [-0.1, -0.05) is 12.1 Å². The monoisotopic (exact) mass is 234 g/mol. The molecule has 0 aliphatic carbocycles. The number of nitrogens with zero attached hydrogens (tertiary/aromatic N) is 1. The van der Waals surface area contributed by atoms with Gasteiger partial charge >= 0.3 is 0 Å². The van der Waals surface area contributed by atoms with Crippen molar-refractivity contribution in [1.82, 2.24) is 4.98 Å². The fraction of sp³-hybridized carbons (Fsp3) is 0.154. The second kappa shape index (κ2) is 4.59. The fourth-order valence-corrected chi connectivity index (χ4v) is 1.65. The van der Waals surface area contributed by atoms with Gasteiger partial charge in [-0.3, -0.25) is 4.98 Å². The van der Waals surface area contributed by atoms with E-state index >= 15 is 0 Å². The molecule has 0 saturated carbocycles. The standard InChI is InChI=1S/C13H12F2N2/c1-8-7-9(4-5-10(8)14)12(16)13-11(15)3-2-6-17-13/h2-7,12H,16H2,1H3. The summed E-state index contributed by atoms with van der Waals surface area (Å²) >= 11 is 0. The molecule has 4 heteroatoms. The highest BCUT2D eigenvalue weighted by Crippen LogP contribution is 2.21. The van der Waals surface area contributed by atoms with Gasteiger partial charge in [-0.2, -0.15) is 0 Å². The Balaban J connectivity index is 2.40. The maximum Gasteiger partial charge on any atom is 0.146 e. The van der Waals surface area contributed by atoms with E-state index in [9.17, 15) is 8.78 Å². The van der Waals surface area contributed by atoms with Crippen LogP contribution in [0.15, 0.2) is 36.5 Å². The molecule has 1 aromatic carbocycles. The van der Waals surface area contributed by atoms with Gasteiger partial charge in [0.15, 0.2) is 0 Å². The van der Waals surface area contributed by atoms with E-state index in [0.29, 0.717) is 11.1 Å². The van der Waals surface area contributed by atoms with E-state index in [2.05, 4.69) is 4.98 Å². The number of hydrogen-bond donors (Lipinski definition) is 1. The summed E-state index contributed by atoms with van der Waals surface area (Å²) < 4.78 is 26.6. The van der Waals surface area contributed by atoms with Crippen molar-refractivity contribution < 1.29 is 8.78 Å². The minimum atomic E-state index is -0.685. The molecule has 1 heterocycles. The summed E-state index contributed by atoms with van der Waals surface area (Å²) in [4.78, 5) is 3.91. The third kappa shape index (κ3) is 2.31. The van der Waals surface area contributed by atoms with Crippen LogP contribution in [0.4, 0.5) is 8.78 Å². The van der Waals surface area contributed by atoms with Crippen LogP contribution < -0.4 is 5.73 Å². The van der Waals surface area contributed by atoms with Gasteiger partial charge in [-0.15, -0.1) is 0 Å². The summed E-state index contributed by atoms with van der Waals surface area (Å²) in [5, 5.41) is 0. The molecule has 2 N–H and O–H groups in total. The van der Waals surface area contributed by atoms with Crippen molar-refractivity contribution in [3.05, 3.63) is 65.0 Å². The Hall–Kier alpha value is -1.81. The molecule has 1 unspecified atom stereocenters. The summed E-state index contributed by atoms with van der Waals surface area (Å²) in [5.41, 5.74) is 7.20. The van der Waals surface area contributed by atoms with Gasteiger partial charge in [0.1, 0.15) is 11.6 Å². The van der Waals surface area contributed by atoms with Crippen LogP contribution in [0.3, 0.4) is 0 Å². The molecule has 1 atom stereocenters. The van der Waals surface area contributed by atoms with Crippen molar-refractivity contribution in [3.8, 4) is 0 Å². The molecule has 88 valence electrons. The lowest BCUT2D eigenvalue weighted by Crippen LogP contribution is -2.15. The van der Waals surface area contributed by atoms with Gasteiger partial charge in [-0.05, 0) is 36.2 Å². The lowest BCUT2D eigenvalue weighted by atomic mass is 10.0. The van der Waals surface area contributed by atoms with Crippen molar-refractivity contribution in [3.63, 3.8) is 0 Å². The predicted molar refractivity (Wildman–Crippen MR) is 61.4 cm³/mol. The minimum Gasteiger partial charge on any atom is -0.319 e. The highest BCUT2D eigenvalue weighted by atomic mass is 19.1. The van der Waals surface area contributed by atoms with Crippen molar-refractivity contribution in [2.75, 3.05) is 0 Å². The molecule has 0 aliphatic rings. The van der Waals surface area contributed by atoms with Crippen LogP contribution in [0.2, 0.25) is 0 Å². The first-order chi connectivity index (χ1) is 8.09. The van der Waals surface area contributed by atoms with Crippen molar-refractivity contribution in [1.29, 1.82) is 0 Å². The fourth-order valence-electron chi connectivity index (χ4n) is 1.65. The smallest absolute Gasteiger partial charge is 0.146 e. The Kier molecular flexibility index (Phi) is 3.15. The van der Waals surface area contributed by atoms with Crippen LogP contribution in [0, 0.1) is 18.6 Å². The Bertz CT molecular complexity index is 541. The van der Waals surface area contributed by atoms with E-state index in [1.807, 2.05) is 0 Å². The number of pyridine rings is 1. The molecule has 0 aliphatic heterocycles. The second-order valence-corrected chi connectivity index (χ2v) is 3.86. The number of rotatable bonds is 2. The van der Waals surface area contributed by atoms with Crippen LogP contribution in [-0.4, -0.2) is 4.98 Å². The summed E-state index contributed by atoms with van der Waals surface area (Å²) in [7, 11) is 0. The second-order valence-electron chi connectivity index (χ2n) is 3.86. The average Bonchev–Trinajstić information content (AvgIpc) is 2.32. The molecule has 0 amide bonds. The molecule has 0 spiro atoms. The molecular formula is C13H12F2N2. The summed E-state index contributed by atoms with van der Waals surface area (Å²) in [5.74, 6) is -0.760. The molecule has 0 saturated heterocycles. The predicted octanol–water partition coefficient (Wildman–Crippen LogP) is 2.72. The molecular weight excluding hydrogens is 222 g/mol. The molecule has 17 heavy (non-hydrogen) atoms. The maximum atomic E-state index is 13.5. The van der Waals surface area contributed by atoms with E-state index in [0.717, 1.165) is 0 Å². The Morgan fingerprint density at radius 3 is 2.59 bits per heavy atom. The Labute approximate surface area is 98.1 Å². The number of aryl methyl sites for hydroxylation is 1. The third-order valence-corrected chi connectivity index (χ3v) is 2.62. The summed E-state index contributed by atoms with van der Waals surface area (Å²) in [6, 6.07) is 6.59. The molecule has 1 aromatic heterocycles. The van der Waals surface area contributed by atoms with E-state index in [-0.39, 0.29) is 11.5 Å². The zero-order chi connectivity index (χ0) is 12.4. The Morgan fingerprint density at radius 2 is 1.94 bits per heavy atom. The van der Waals surface area contributed by atoms with Gasteiger partial charge < -0.3 is 5.73 Å². The molecule has 2 nitrogen and oxygen atoms in total. The van der Waals surface area contributed by atoms with Crippen molar-refractivity contribution in [2.45, 2.75) is 13.0 Å². The number of hydrogen-bond acceptors (Lipinski definition) is 2. The minimum absolute atomic E-state index is 0.165. The van der Waals surface area contributed by atoms with Gasteiger partial charge in [0.25, 0.3) is 0 Å². The van der Waals surface area contributed by atoms with Crippen LogP contribution in [-0.2, 0) is 0 Å². The molecule has 0 radical (unpaired) electrons. The van der Waals surface area contributed by atoms with Crippen LogP contribution in [0.25, 0.3) is 0 Å². The van der Waals surface area contributed by atoms with Crippen LogP contribution in [0.1, 0.15) is 22.9 Å². The Morgan fingerprint density at radius 1 is 1.18 bits per heavy atom. The quantitative estimate of drug-likeness (QED) is 0.867. The number of halogens is 2. The average molecular weight is 234 g/mol. The SMILES string of the molecule is Cc1cc(C(N)c2ncccc2F)ccc1F. The van der Waals surface area contributed by atoms with Crippen molar-refractivity contribution in [2.24, 2.45) is 5.73 Å². The lowest BCUT2D eigenvalue weighted by molar-refractivity contribution is 0.585. The zero-order valence-corrected chi connectivity index (χ0v) is 9.32. The molecule has 2 rings (SSSR count). The maximum absolute atomic E-state index is 13.5. The number of benzene rings is 1. The number of nitrogens with two attached hydrogens (primary N) is 1. The van der Waals surface area contributed by atoms with Crippen molar-refractivity contribution >= 4 is 0 Å². The van der Waals surface area contributed by atoms with E-state index in [1.165, 1.54) is 24.4 Å². The lowest BCUT2D eigenvalue weighted by Gasteiger charge is -2.13. The molecule has 0 bridgehead atoms. The van der Waals surface area contributed by atoms with Gasteiger partial charge in [0.2, 0.25) is 0 Å². The third-order valence-electron chi connectivity index (χ3n) is 2.62. The zero-order valence-electron chi connectivity index (χ0n) is 9.32. The highest BCUT2D eigenvalue weighted by molar-refractivity contribution is 5.31. The first kappa shape index (κ1) is 11.7. The largest absolute Gasteiger partial charge is 0.319 e. The van der Waals surface area contributed by atoms with E-state index in [4.69, 9.17) is 5.73 Å². The van der Waals surface area contributed by atoms with Gasteiger partial charge in [0, 0.05) is 6.20 Å². The normalized spacial score (nSPS) is 12.5. The topological polar surface area (TPSA) is 38.9 Å². The van der Waals surface area contributed by atoms with Crippen LogP contribution >= 0.6 is 0 Å².